The van der Waals surface area contributed by atoms with E-state index in [1.165, 1.54) is 37.7 Å². The molecule has 1 fully saturated rings. The molecule has 3 rings (SSSR count). The number of carbonyl (C=O) groups is 1. The standard InChI is InChI=1S/C16H20ClNO/c17-14(8-11-4-2-1-3-5-11)12-6-7-15-13(9-12)10-16(19)18-15/h6-7,9,11,14H,1-5,8,10H2,(H,18,19). The molecule has 3 heteroatoms. The number of rotatable bonds is 3. The summed E-state index contributed by atoms with van der Waals surface area (Å²) in [5.41, 5.74) is 3.22. The van der Waals surface area contributed by atoms with E-state index in [-0.39, 0.29) is 11.3 Å². The van der Waals surface area contributed by atoms with Gasteiger partial charge in [-0.1, -0.05) is 44.2 Å². The summed E-state index contributed by atoms with van der Waals surface area (Å²) in [6.07, 6.45) is 8.32. The normalized spacial score (nSPS) is 21.0. The van der Waals surface area contributed by atoms with Crippen molar-refractivity contribution in [2.24, 2.45) is 5.92 Å². The van der Waals surface area contributed by atoms with Crippen molar-refractivity contribution in [2.75, 3.05) is 5.32 Å². The van der Waals surface area contributed by atoms with Gasteiger partial charge in [-0.2, -0.15) is 0 Å². The number of hydrogen-bond acceptors (Lipinski definition) is 1. The van der Waals surface area contributed by atoms with Crippen LogP contribution in [0.3, 0.4) is 0 Å². The highest BCUT2D eigenvalue weighted by atomic mass is 35.5. The molecule has 1 heterocycles. The van der Waals surface area contributed by atoms with Crippen molar-refractivity contribution < 1.29 is 4.79 Å². The molecule has 0 radical (unpaired) electrons. The van der Waals surface area contributed by atoms with E-state index in [2.05, 4.69) is 17.4 Å². The van der Waals surface area contributed by atoms with Crippen molar-refractivity contribution in [3.63, 3.8) is 0 Å². The van der Waals surface area contributed by atoms with Crippen LogP contribution in [0.2, 0.25) is 0 Å². The highest BCUT2D eigenvalue weighted by molar-refractivity contribution is 6.20. The summed E-state index contributed by atoms with van der Waals surface area (Å²) in [4.78, 5) is 11.4. The first-order chi connectivity index (χ1) is 9.22. The molecule has 1 aliphatic heterocycles. The van der Waals surface area contributed by atoms with Crippen LogP contribution in [0, 0.1) is 5.92 Å². The highest BCUT2D eigenvalue weighted by Crippen LogP contribution is 2.36. The van der Waals surface area contributed by atoms with Crippen molar-refractivity contribution in [3.05, 3.63) is 29.3 Å². The topological polar surface area (TPSA) is 29.1 Å². The molecule has 1 aliphatic carbocycles. The summed E-state index contributed by atoms with van der Waals surface area (Å²) in [6.45, 7) is 0. The van der Waals surface area contributed by atoms with Crippen molar-refractivity contribution in [1.82, 2.24) is 0 Å². The minimum atomic E-state index is 0.0871. The molecule has 1 aromatic carbocycles. The number of benzene rings is 1. The zero-order valence-corrected chi connectivity index (χ0v) is 11.9. The minimum Gasteiger partial charge on any atom is -0.326 e. The average molecular weight is 278 g/mol. The number of nitrogens with one attached hydrogen (secondary N) is 1. The monoisotopic (exact) mass is 277 g/mol. The van der Waals surface area contributed by atoms with Crippen molar-refractivity contribution in [2.45, 2.75) is 50.3 Å². The molecule has 1 atom stereocenters. The van der Waals surface area contributed by atoms with Gasteiger partial charge >= 0.3 is 0 Å². The van der Waals surface area contributed by atoms with E-state index < -0.39 is 0 Å². The highest BCUT2D eigenvalue weighted by Gasteiger charge is 2.22. The molecular weight excluding hydrogens is 258 g/mol. The Balaban J connectivity index is 1.68. The summed E-state index contributed by atoms with van der Waals surface area (Å²) in [5, 5.41) is 2.95. The zero-order chi connectivity index (χ0) is 13.2. The molecule has 1 amide bonds. The molecule has 1 saturated carbocycles. The number of hydrogen-bond donors (Lipinski definition) is 1. The number of halogens is 1. The van der Waals surface area contributed by atoms with Crippen LogP contribution in [-0.2, 0) is 11.2 Å². The molecule has 0 spiro atoms. The molecule has 1 N–H and O–H groups in total. The SMILES string of the molecule is O=C1Cc2cc(C(Cl)CC3CCCCC3)ccc2N1. The van der Waals surface area contributed by atoms with Crippen LogP contribution >= 0.6 is 11.6 Å². The third kappa shape index (κ3) is 2.94. The van der Waals surface area contributed by atoms with E-state index in [4.69, 9.17) is 11.6 Å². The summed E-state index contributed by atoms with van der Waals surface area (Å²) < 4.78 is 0. The van der Waals surface area contributed by atoms with Crippen molar-refractivity contribution in [1.29, 1.82) is 0 Å². The summed E-state index contributed by atoms with van der Waals surface area (Å²) in [6, 6.07) is 6.16. The van der Waals surface area contributed by atoms with Gasteiger partial charge in [0.05, 0.1) is 11.8 Å². The van der Waals surface area contributed by atoms with Gasteiger partial charge in [0.15, 0.2) is 0 Å². The smallest absolute Gasteiger partial charge is 0.228 e. The molecular formula is C16H20ClNO. The second-order valence-corrected chi connectivity index (χ2v) is 6.38. The van der Waals surface area contributed by atoms with Gasteiger partial charge in [0.2, 0.25) is 5.91 Å². The Kier molecular flexibility index (Phi) is 3.79. The lowest BCUT2D eigenvalue weighted by Gasteiger charge is -2.24. The maximum atomic E-state index is 11.4. The number of amides is 1. The maximum Gasteiger partial charge on any atom is 0.228 e. The summed E-state index contributed by atoms with van der Waals surface area (Å²) >= 11 is 6.57. The number of carbonyl (C=O) groups excluding carboxylic acids is 1. The first kappa shape index (κ1) is 13.0. The predicted octanol–water partition coefficient (Wildman–Crippen LogP) is 4.43. The van der Waals surface area contributed by atoms with Crippen LogP contribution < -0.4 is 5.32 Å². The van der Waals surface area contributed by atoms with E-state index in [9.17, 15) is 4.79 Å². The number of fused-ring (bicyclic) bond motifs is 1. The summed E-state index contributed by atoms with van der Waals surface area (Å²) in [7, 11) is 0. The fourth-order valence-electron chi connectivity index (χ4n) is 3.30. The molecule has 2 nitrogen and oxygen atoms in total. The van der Waals surface area contributed by atoms with Gasteiger partial charge in [0.25, 0.3) is 0 Å². The van der Waals surface area contributed by atoms with Crippen molar-refractivity contribution in [3.8, 4) is 0 Å². The van der Waals surface area contributed by atoms with Crippen LogP contribution in [0.25, 0.3) is 0 Å². The maximum absolute atomic E-state index is 11.4. The van der Waals surface area contributed by atoms with E-state index in [0.717, 1.165) is 23.6 Å². The Morgan fingerprint density at radius 3 is 2.84 bits per heavy atom. The van der Waals surface area contributed by atoms with Crippen LogP contribution in [0.1, 0.15) is 55.0 Å². The quantitative estimate of drug-likeness (QED) is 0.814. The lowest BCUT2D eigenvalue weighted by atomic mass is 9.85. The lowest BCUT2D eigenvalue weighted by Crippen LogP contribution is -2.08. The van der Waals surface area contributed by atoms with Gasteiger partial charge in [-0.3, -0.25) is 4.79 Å². The Morgan fingerprint density at radius 1 is 1.26 bits per heavy atom. The number of alkyl halides is 1. The minimum absolute atomic E-state index is 0.0871. The second-order valence-electron chi connectivity index (χ2n) is 5.85. The van der Waals surface area contributed by atoms with Crippen LogP contribution in [0.4, 0.5) is 5.69 Å². The van der Waals surface area contributed by atoms with E-state index in [1.807, 2.05) is 6.07 Å². The third-order valence-electron chi connectivity index (χ3n) is 4.38. The largest absolute Gasteiger partial charge is 0.326 e. The second kappa shape index (κ2) is 5.54. The fraction of sp³-hybridized carbons (Fsp3) is 0.562. The molecule has 0 saturated heterocycles. The Bertz CT molecular complexity index is 480. The fourth-order valence-corrected chi connectivity index (χ4v) is 3.68. The van der Waals surface area contributed by atoms with Gasteiger partial charge in [-0.25, -0.2) is 0 Å². The predicted molar refractivity (Wildman–Crippen MR) is 78.6 cm³/mol. The van der Waals surface area contributed by atoms with E-state index in [1.54, 1.807) is 0 Å². The van der Waals surface area contributed by atoms with Crippen LogP contribution in [-0.4, -0.2) is 5.91 Å². The molecule has 1 aromatic rings. The van der Waals surface area contributed by atoms with Gasteiger partial charge in [0, 0.05) is 5.69 Å². The lowest BCUT2D eigenvalue weighted by molar-refractivity contribution is -0.115. The van der Waals surface area contributed by atoms with Gasteiger partial charge in [-0.05, 0) is 29.5 Å². The number of anilines is 1. The van der Waals surface area contributed by atoms with Gasteiger partial charge < -0.3 is 5.32 Å². The van der Waals surface area contributed by atoms with E-state index >= 15 is 0 Å². The Labute approximate surface area is 119 Å². The Hall–Kier alpha value is -1.02. The molecule has 102 valence electrons. The first-order valence-corrected chi connectivity index (χ1v) is 7.73. The molecule has 0 bridgehead atoms. The summed E-state index contributed by atoms with van der Waals surface area (Å²) in [5.74, 6) is 0.870. The molecule has 2 aliphatic rings. The van der Waals surface area contributed by atoms with Gasteiger partial charge in [-0.15, -0.1) is 11.6 Å². The van der Waals surface area contributed by atoms with Gasteiger partial charge in [0.1, 0.15) is 0 Å². The first-order valence-electron chi connectivity index (χ1n) is 7.29. The Morgan fingerprint density at radius 2 is 2.05 bits per heavy atom. The average Bonchev–Trinajstić information content (AvgIpc) is 2.78. The van der Waals surface area contributed by atoms with Crippen LogP contribution in [0.15, 0.2) is 18.2 Å². The third-order valence-corrected chi connectivity index (χ3v) is 4.81. The van der Waals surface area contributed by atoms with Crippen LogP contribution in [0.5, 0.6) is 0 Å². The van der Waals surface area contributed by atoms with Crippen molar-refractivity contribution >= 4 is 23.2 Å². The zero-order valence-electron chi connectivity index (χ0n) is 11.1. The molecule has 1 unspecified atom stereocenters. The molecule has 19 heavy (non-hydrogen) atoms. The molecule has 0 aromatic heterocycles. The van der Waals surface area contributed by atoms with E-state index in [0.29, 0.717) is 6.42 Å².